The quantitative estimate of drug-likeness (QED) is 0.0613. The maximum atomic E-state index is 14.7. The SMILES string of the molecule is Cc1ncsc1-c1ccc(CNC(=O)[C@@H]2C[C@@H](O)CN2C(=O)[C@@H](NC(=O)C2(F)CC2)C(C)(C)C)c(OCCN2CCN(c3ccc(C(=O)Nc4cccc(Sc5cnc(N6CCC(C)(CN)CC6)cn5)c4Cl)cn3)CC2)c1. The van der Waals surface area contributed by atoms with Crippen LogP contribution >= 0.6 is 34.7 Å². The Morgan fingerprint density at radius 3 is 2.34 bits per heavy atom. The Balaban J connectivity index is 0.761. The zero-order valence-corrected chi connectivity index (χ0v) is 46.6. The predicted octanol–water partition coefficient (Wildman–Crippen LogP) is 6.74. The molecule has 0 unspecified atom stereocenters. The number of carbonyl (C=O) groups excluding carboxylic acids is 4. The number of nitrogens with two attached hydrogens (primary N) is 1. The van der Waals surface area contributed by atoms with Crippen molar-refractivity contribution in [3.8, 4) is 16.2 Å². The van der Waals surface area contributed by atoms with Gasteiger partial charge < -0.3 is 46.2 Å². The van der Waals surface area contributed by atoms with Crippen LogP contribution < -0.4 is 36.2 Å². The summed E-state index contributed by atoms with van der Waals surface area (Å²) >= 11 is 9.74. The Morgan fingerprint density at radius 2 is 1.69 bits per heavy atom. The monoisotopic (exact) mass is 1110 g/mol. The number of hydrogen-bond donors (Lipinski definition) is 5. The summed E-state index contributed by atoms with van der Waals surface area (Å²) in [6.45, 7) is 15.9. The van der Waals surface area contributed by atoms with Crippen molar-refractivity contribution in [2.45, 2.75) is 107 Å². The molecule has 9 rings (SSSR count). The van der Waals surface area contributed by atoms with E-state index in [2.05, 4.69) is 57.5 Å². The zero-order chi connectivity index (χ0) is 54.6. The molecule has 3 saturated heterocycles. The van der Waals surface area contributed by atoms with E-state index >= 15 is 0 Å². The largest absolute Gasteiger partial charge is 0.492 e. The number of aryl methyl sites for hydroxylation is 1. The summed E-state index contributed by atoms with van der Waals surface area (Å²) in [5.41, 5.74) is 8.59. The average Bonchev–Trinajstić information content (AvgIpc) is 3.86. The number of aromatic nitrogens is 4. The standard InChI is InChI=1S/C55H68ClFN12O6S2/c1-34-47(76-33-63-34)35-9-10-36(27-62-50(72)40-26-38(70)31-69(40)51(73)48(53(2,3)4)65-52(74)55(57)13-14-55)41(25-35)75-24-23-66-19-21-68(22-20-66)43-12-11-37(28-59-43)49(71)64-39-7-6-8-42(46(39)56)77-45-30-60-44(29-61-45)67-17-15-54(5,32-58)16-18-67/h6-12,25,28-30,33,38,40,48,70H,13-24,26-27,31-32,58H2,1-5H3,(H,62,72)(H,64,71)(H,65,74)/t38-,40+,48-/m1/s1. The first-order valence-electron chi connectivity index (χ1n) is 26.2. The molecule has 3 aliphatic heterocycles. The number of nitrogens with one attached hydrogen (secondary N) is 3. The number of ether oxygens (including phenoxy) is 1. The summed E-state index contributed by atoms with van der Waals surface area (Å²) in [6, 6.07) is 12.8. The molecule has 18 nitrogen and oxygen atoms in total. The Hall–Kier alpha value is -5.97. The van der Waals surface area contributed by atoms with Gasteiger partial charge in [0.1, 0.15) is 41.1 Å². The number of likely N-dealkylation sites (tertiary alicyclic amines) is 1. The number of nitrogens with zero attached hydrogens (tertiary/aromatic N) is 8. The normalized spacial score (nSPS) is 19.6. The van der Waals surface area contributed by atoms with Crippen LogP contribution in [0.5, 0.6) is 5.75 Å². The lowest BCUT2D eigenvalue weighted by Crippen LogP contribution is -2.59. The number of thiazole rings is 1. The van der Waals surface area contributed by atoms with Gasteiger partial charge in [-0.1, -0.05) is 69.3 Å². The van der Waals surface area contributed by atoms with Crippen LogP contribution in [0.15, 0.2) is 82.6 Å². The third-order valence-corrected chi connectivity index (χ3v) is 17.6. The highest BCUT2D eigenvalue weighted by Crippen LogP contribution is 2.41. The molecule has 1 aliphatic carbocycles. The van der Waals surface area contributed by atoms with Gasteiger partial charge in [-0.2, -0.15) is 0 Å². The zero-order valence-electron chi connectivity index (χ0n) is 44.2. The highest BCUT2D eigenvalue weighted by molar-refractivity contribution is 7.99. The maximum absolute atomic E-state index is 14.7. The molecular weight excluding hydrogens is 1040 g/mol. The molecule has 4 aliphatic rings. The molecule has 0 spiro atoms. The number of β-amino-alcohol motifs (C(OH)–C–C–N with tert-alkyl or cyclic N) is 1. The number of pyridine rings is 1. The first kappa shape index (κ1) is 55.8. The van der Waals surface area contributed by atoms with Crippen LogP contribution in [0.1, 0.15) is 81.4 Å². The van der Waals surface area contributed by atoms with Gasteiger partial charge in [-0.25, -0.2) is 24.3 Å². The second kappa shape index (κ2) is 23.6. The van der Waals surface area contributed by atoms with Gasteiger partial charge in [0, 0.05) is 82.0 Å². The summed E-state index contributed by atoms with van der Waals surface area (Å²) in [4.78, 5) is 82.3. The highest BCUT2D eigenvalue weighted by atomic mass is 35.5. The van der Waals surface area contributed by atoms with Gasteiger partial charge in [0.2, 0.25) is 11.8 Å². The number of carbonyl (C=O) groups is 4. The molecule has 6 heterocycles. The van der Waals surface area contributed by atoms with Crippen LogP contribution in [0.25, 0.3) is 10.4 Å². The third kappa shape index (κ3) is 13.3. The molecule has 22 heteroatoms. The number of anilines is 3. The topological polar surface area (TPSA) is 224 Å². The van der Waals surface area contributed by atoms with Crippen molar-refractivity contribution in [3.63, 3.8) is 0 Å². The molecule has 5 aromatic rings. The number of benzene rings is 2. The van der Waals surface area contributed by atoms with Crippen molar-refractivity contribution in [1.29, 1.82) is 0 Å². The van der Waals surface area contributed by atoms with Gasteiger partial charge in [0.25, 0.3) is 11.8 Å². The number of hydrogen-bond acceptors (Lipinski definition) is 16. The molecule has 6 N–H and O–H groups in total. The van der Waals surface area contributed by atoms with Gasteiger partial charge in [0.05, 0.1) is 50.9 Å². The Labute approximate surface area is 462 Å². The molecule has 2 aromatic carbocycles. The van der Waals surface area contributed by atoms with E-state index < -0.39 is 47.0 Å². The highest BCUT2D eigenvalue weighted by Gasteiger charge is 2.53. The number of piperazine rings is 1. The van der Waals surface area contributed by atoms with Crippen LogP contribution in [0, 0.1) is 17.8 Å². The number of piperidine rings is 1. The van der Waals surface area contributed by atoms with E-state index in [4.69, 9.17) is 22.1 Å². The van der Waals surface area contributed by atoms with E-state index in [1.54, 1.807) is 57.0 Å². The van der Waals surface area contributed by atoms with E-state index in [0.717, 1.165) is 77.2 Å². The molecule has 3 atom stereocenters. The molecule has 0 bridgehead atoms. The fourth-order valence-electron chi connectivity index (χ4n) is 9.76. The van der Waals surface area contributed by atoms with Crippen LogP contribution in [0.4, 0.5) is 21.7 Å². The molecule has 3 aromatic heterocycles. The maximum Gasteiger partial charge on any atom is 0.258 e. The van der Waals surface area contributed by atoms with E-state index in [1.807, 2.05) is 43.3 Å². The Kier molecular flexibility index (Phi) is 17.1. The van der Waals surface area contributed by atoms with Crippen molar-refractivity contribution in [3.05, 3.63) is 94.5 Å². The molecule has 410 valence electrons. The lowest BCUT2D eigenvalue weighted by molar-refractivity contribution is -0.145. The minimum atomic E-state index is -1.98. The van der Waals surface area contributed by atoms with Crippen molar-refractivity contribution in [2.24, 2.45) is 16.6 Å². The number of halogens is 2. The molecular formula is C55H68ClFN12O6S2. The van der Waals surface area contributed by atoms with Crippen molar-refractivity contribution in [1.82, 2.24) is 40.4 Å². The molecule has 77 heavy (non-hydrogen) atoms. The first-order chi connectivity index (χ1) is 36.8. The van der Waals surface area contributed by atoms with E-state index in [9.17, 15) is 28.7 Å². The second-order valence-electron chi connectivity index (χ2n) is 21.9. The lowest BCUT2D eigenvalue weighted by atomic mass is 9.80. The third-order valence-electron chi connectivity index (χ3n) is 15.1. The predicted molar refractivity (Wildman–Crippen MR) is 297 cm³/mol. The van der Waals surface area contributed by atoms with Crippen molar-refractivity contribution < 1.29 is 33.4 Å². The Morgan fingerprint density at radius 1 is 0.948 bits per heavy atom. The van der Waals surface area contributed by atoms with Crippen LogP contribution in [0.2, 0.25) is 5.02 Å². The fraction of sp³-hybridized carbons (Fsp3) is 0.491. The summed E-state index contributed by atoms with van der Waals surface area (Å²) in [6.07, 6.45) is 6.40. The van der Waals surface area contributed by atoms with Gasteiger partial charge in [0.15, 0.2) is 5.67 Å². The Bertz CT molecular complexity index is 2930. The summed E-state index contributed by atoms with van der Waals surface area (Å²) in [5, 5.41) is 20.3. The van der Waals surface area contributed by atoms with Crippen LogP contribution in [-0.2, 0) is 20.9 Å². The number of aliphatic hydroxyl groups excluding tert-OH is 1. The molecule has 1 saturated carbocycles. The number of amides is 4. The van der Waals surface area contributed by atoms with Gasteiger partial charge in [-0.05, 0) is 85.9 Å². The van der Waals surface area contributed by atoms with Crippen molar-refractivity contribution in [2.75, 3.05) is 80.6 Å². The fourth-order valence-corrected chi connectivity index (χ4v) is 11.6. The van der Waals surface area contributed by atoms with Crippen LogP contribution in [0.3, 0.4) is 0 Å². The van der Waals surface area contributed by atoms with Gasteiger partial charge in [-0.3, -0.25) is 24.1 Å². The molecule has 0 radical (unpaired) electrons. The second-order valence-corrected chi connectivity index (χ2v) is 24.2. The molecule has 4 fully saturated rings. The molecule has 4 amide bonds. The van der Waals surface area contributed by atoms with E-state index in [0.29, 0.717) is 59.8 Å². The van der Waals surface area contributed by atoms with Gasteiger partial charge >= 0.3 is 0 Å². The lowest BCUT2D eigenvalue weighted by Gasteiger charge is -2.39. The summed E-state index contributed by atoms with van der Waals surface area (Å²) in [5.74, 6) is 0.0171. The van der Waals surface area contributed by atoms with Crippen molar-refractivity contribution >= 4 is 75.7 Å². The number of rotatable bonds is 18. The van der Waals surface area contributed by atoms with Gasteiger partial charge in [-0.15, -0.1) is 11.3 Å². The smallest absolute Gasteiger partial charge is 0.258 e. The minimum Gasteiger partial charge on any atom is -0.492 e. The summed E-state index contributed by atoms with van der Waals surface area (Å²) < 4.78 is 21.2. The van der Waals surface area contributed by atoms with Crippen LogP contribution in [-0.4, -0.2) is 148 Å². The summed E-state index contributed by atoms with van der Waals surface area (Å²) in [7, 11) is 0. The van der Waals surface area contributed by atoms with E-state index in [1.165, 1.54) is 28.0 Å². The first-order valence-corrected chi connectivity index (χ1v) is 28.3. The minimum absolute atomic E-state index is 0.0173. The number of alkyl halides is 1. The average molecular weight is 1110 g/mol. The van der Waals surface area contributed by atoms with E-state index in [-0.39, 0.29) is 43.7 Å². The number of aliphatic hydroxyl groups is 1.